The van der Waals surface area contributed by atoms with Gasteiger partial charge in [-0.3, -0.25) is 4.79 Å². The maximum absolute atomic E-state index is 12.0. The molecule has 1 aromatic heterocycles. The summed E-state index contributed by atoms with van der Waals surface area (Å²) < 4.78 is 4.97. The molecule has 0 spiro atoms. The van der Waals surface area contributed by atoms with Crippen LogP contribution in [0.3, 0.4) is 0 Å². The molecule has 1 heterocycles. The predicted octanol–water partition coefficient (Wildman–Crippen LogP) is 1.54. The number of aliphatic hydroxyl groups excluding tert-OH is 1. The number of carbonyl (C=O) groups excluding carboxylic acids is 1. The molecule has 5 nitrogen and oxygen atoms in total. The molecule has 0 atom stereocenters. The molecule has 7 heteroatoms. The van der Waals surface area contributed by atoms with E-state index in [9.17, 15) is 4.79 Å². The number of hydrogen-bond donors (Lipinski definition) is 1. The van der Waals surface area contributed by atoms with E-state index in [0.29, 0.717) is 26.1 Å². The van der Waals surface area contributed by atoms with E-state index in [-0.39, 0.29) is 12.5 Å². The Morgan fingerprint density at radius 1 is 1.55 bits per heavy atom. The Labute approximate surface area is 128 Å². The number of carbonyl (C=O) groups is 1. The van der Waals surface area contributed by atoms with Crippen molar-refractivity contribution >= 4 is 29.0 Å². The van der Waals surface area contributed by atoms with Crippen molar-refractivity contribution in [2.75, 3.05) is 39.2 Å². The van der Waals surface area contributed by atoms with Crippen LogP contribution in [0, 0.1) is 6.92 Å². The van der Waals surface area contributed by atoms with Gasteiger partial charge in [0, 0.05) is 43.5 Å². The minimum Gasteiger partial charge on any atom is -0.395 e. The van der Waals surface area contributed by atoms with Crippen LogP contribution in [0.4, 0.5) is 0 Å². The number of aryl methyl sites for hydroxylation is 1. The average molecular weight is 318 g/mol. The fourth-order valence-corrected chi connectivity index (χ4v) is 3.19. The third kappa shape index (κ3) is 6.69. The van der Waals surface area contributed by atoms with E-state index in [2.05, 4.69) is 10.4 Å². The first-order valence-electron chi connectivity index (χ1n) is 6.53. The molecule has 20 heavy (non-hydrogen) atoms. The first-order chi connectivity index (χ1) is 9.67. The number of aromatic nitrogens is 1. The van der Waals surface area contributed by atoms with E-state index in [1.807, 2.05) is 6.92 Å². The van der Waals surface area contributed by atoms with Crippen LogP contribution in [0.25, 0.3) is 0 Å². The van der Waals surface area contributed by atoms with Gasteiger partial charge in [0.2, 0.25) is 5.91 Å². The lowest BCUT2D eigenvalue weighted by Crippen LogP contribution is -2.36. The molecule has 0 aliphatic heterocycles. The Balaban J connectivity index is 2.22. The lowest BCUT2D eigenvalue weighted by Gasteiger charge is -2.21. The Morgan fingerprint density at radius 2 is 2.35 bits per heavy atom. The summed E-state index contributed by atoms with van der Waals surface area (Å²) in [5, 5.41) is 12.1. The molecular formula is C13H22N2O3S2. The maximum atomic E-state index is 12.0. The van der Waals surface area contributed by atoms with Crippen LogP contribution in [0.2, 0.25) is 0 Å². The molecule has 1 N–H and O–H groups in total. The average Bonchev–Trinajstić information content (AvgIpc) is 2.85. The van der Waals surface area contributed by atoms with Crippen LogP contribution in [-0.2, 0) is 15.3 Å². The summed E-state index contributed by atoms with van der Waals surface area (Å²) in [6.45, 7) is 3.38. The van der Waals surface area contributed by atoms with E-state index in [0.717, 1.165) is 22.2 Å². The highest BCUT2D eigenvalue weighted by Crippen LogP contribution is 2.16. The molecule has 1 aromatic rings. The quantitative estimate of drug-likeness (QED) is 0.663. The van der Waals surface area contributed by atoms with Gasteiger partial charge in [-0.25, -0.2) is 4.98 Å². The fraction of sp³-hybridized carbons (Fsp3) is 0.692. The first-order valence-corrected chi connectivity index (χ1v) is 8.57. The Morgan fingerprint density at radius 3 is 2.95 bits per heavy atom. The van der Waals surface area contributed by atoms with Gasteiger partial charge in [0.05, 0.1) is 23.9 Å². The van der Waals surface area contributed by atoms with Crippen molar-refractivity contribution in [2.24, 2.45) is 0 Å². The van der Waals surface area contributed by atoms with Crippen molar-refractivity contribution in [3.05, 3.63) is 16.1 Å². The summed E-state index contributed by atoms with van der Waals surface area (Å²) in [5.74, 6) is 1.68. The summed E-state index contributed by atoms with van der Waals surface area (Å²) >= 11 is 3.36. The molecule has 0 radical (unpaired) electrons. The molecular weight excluding hydrogens is 296 g/mol. The Kier molecular flexibility index (Phi) is 8.84. The molecule has 0 saturated heterocycles. The van der Waals surface area contributed by atoms with Gasteiger partial charge >= 0.3 is 0 Å². The number of hydrogen-bond acceptors (Lipinski definition) is 6. The van der Waals surface area contributed by atoms with Crippen molar-refractivity contribution in [3.8, 4) is 0 Å². The smallest absolute Gasteiger partial charge is 0.223 e. The van der Waals surface area contributed by atoms with Gasteiger partial charge in [-0.1, -0.05) is 0 Å². The van der Waals surface area contributed by atoms with Crippen molar-refractivity contribution in [1.29, 1.82) is 0 Å². The summed E-state index contributed by atoms with van der Waals surface area (Å²) in [6.07, 6.45) is 0.484. The van der Waals surface area contributed by atoms with Crippen molar-refractivity contribution in [2.45, 2.75) is 19.1 Å². The van der Waals surface area contributed by atoms with Gasteiger partial charge in [-0.2, -0.15) is 11.8 Å². The first kappa shape index (κ1) is 17.4. The van der Waals surface area contributed by atoms with E-state index in [1.165, 1.54) is 0 Å². The van der Waals surface area contributed by atoms with Gasteiger partial charge in [0.15, 0.2) is 0 Å². The molecule has 0 bridgehead atoms. The highest BCUT2D eigenvalue weighted by Gasteiger charge is 2.12. The SMILES string of the molecule is COCCN(CCO)C(=O)CCSCc1csc(C)n1. The largest absolute Gasteiger partial charge is 0.395 e. The van der Waals surface area contributed by atoms with Crippen LogP contribution in [0.5, 0.6) is 0 Å². The topological polar surface area (TPSA) is 62.7 Å². The van der Waals surface area contributed by atoms with Crippen molar-refractivity contribution in [1.82, 2.24) is 9.88 Å². The zero-order valence-corrected chi connectivity index (χ0v) is 13.6. The van der Waals surface area contributed by atoms with Crippen LogP contribution in [-0.4, -0.2) is 60.1 Å². The lowest BCUT2D eigenvalue weighted by molar-refractivity contribution is -0.131. The number of thiazole rings is 1. The highest BCUT2D eigenvalue weighted by molar-refractivity contribution is 7.98. The minimum atomic E-state index is -0.0132. The molecule has 0 fully saturated rings. The monoisotopic (exact) mass is 318 g/mol. The van der Waals surface area contributed by atoms with E-state index < -0.39 is 0 Å². The number of rotatable bonds is 10. The number of nitrogens with zero attached hydrogens (tertiary/aromatic N) is 2. The molecule has 114 valence electrons. The zero-order chi connectivity index (χ0) is 14.8. The van der Waals surface area contributed by atoms with E-state index >= 15 is 0 Å². The van der Waals surface area contributed by atoms with Gasteiger partial charge < -0.3 is 14.7 Å². The second-order valence-corrected chi connectivity index (χ2v) is 6.43. The summed E-state index contributed by atoms with van der Waals surface area (Å²) in [6, 6.07) is 0. The van der Waals surface area contributed by atoms with E-state index in [4.69, 9.17) is 9.84 Å². The normalized spacial score (nSPS) is 10.8. The highest BCUT2D eigenvalue weighted by atomic mass is 32.2. The molecule has 0 unspecified atom stereocenters. The molecule has 0 saturated carbocycles. The Bertz CT molecular complexity index is 399. The Hall–Kier alpha value is -0.630. The third-order valence-electron chi connectivity index (χ3n) is 2.66. The molecule has 1 rings (SSSR count). The number of amides is 1. The summed E-state index contributed by atoms with van der Waals surface area (Å²) in [4.78, 5) is 18.0. The van der Waals surface area contributed by atoms with Gasteiger partial charge in [0.1, 0.15) is 0 Å². The van der Waals surface area contributed by atoms with Crippen LogP contribution < -0.4 is 0 Å². The number of thioether (sulfide) groups is 1. The fourth-order valence-electron chi connectivity index (χ4n) is 1.65. The summed E-state index contributed by atoms with van der Waals surface area (Å²) in [5.41, 5.74) is 1.08. The predicted molar refractivity (Wildman–Crippen MR) is 83.2 cm³/mol. The number of methoxy groups -OCH3 is 1. The van der Waals surface area contributed by atoms with Gasteiger partial charge in [0.25, 0.3) is 0 Å². The van der Waals surface area contributed by atoms with Crippen LogP contribution in [0.1, 0.15) is 17.1 Å². The lowest BCUT2D eigenvalue weighted by atomic mass is 10.3. The van der Waals surface area contributed by atoms with Crippen LogP contribution >= 0.6 is 23.1 Å². The minimum absolute atomic E-state index is 0.0132. The number of aliphatic hydroxyl groups is 1. The van der Waals surface area contributed by atoms with Gasteiger partial charge in [-0.05, 0) is 6.92 Å². The second kappa shape index (κ2) is 10.1. The second-order valence-electron chi connectivity index (χ2n) is 4.26. The van der Waals surface area contributed by atoms with Crippen molar-refractivity contribution in [3.63, 3.8) is 0 Å². The molecule has 0 aliphatic carbocycles. The maximum Gasteiger partial charge on any atom is 0.223 e. The number of ether oxygens (including phenoxy) is 1. The van der Waals surface area contributed by atoms with Crippen LogP contribution in [0.15, 0.2) is 5.38 Å². The van der Waals surface area contributed by atoms with Gasteiger partial charge in [-0.15, -0.1) is 11.3 Å². The molecule has 0 aromatic carbocycles. The third-order valence-corrected chi connectivity index (χ3v) is 4.48. The zero-order valence-electron chi connectivity index (χ0n) is 12.0. The standard InChI is InChI=1S/C13H22N2O3S2/c1-11-14-12(10-20-11)9-19-8-3-13(17)15(4-6-16)5-7-18-2/h10,16H,3-9H2,1-2H3. The van der Waals surface area contributed by atoms with Crippen molar-refractivity contribution < 1.29 is 14.6 Å². The summed E-state index contributed by atoms with van der Waals surface area (Å²) in [7, 11) is 1.60. The molecule has 0 aliphatic rings. The molecule has 1 amide bonds. The van der Waals surface area contributed by atoms with E-state index in [1.54, 1.807) is 35.1 Å².